The average molecular weight is 253 g/mol. The van der Waals surface area contributed by atoms with Gasteiger partial charge in [-0.15, -0.1) is 11.8 Å². The van der Waals surface area contributed by atoms with Crippen molar-refractivity contribution < 1.29 is 9.90 Å². The van der Waals surface area contributed by atoms with E-state index in [2.05, 4.69) is 13.0 Å². The van der Waals surface area contributed by atoms with Gasteiger partial charge in [0.15, 0.2) is 0 Å². The fourth-order valence-electron chi connectivity index (χ4n) is 2.07. The zero-order chi connectivity index (χ0) is 13.1. The van der Waals surface area contributed by atoms with Crippen molar-refractivity contribution in [2.24, 2.45) is 17.3 Å². The zero-order valence-electron chi connectivity index (χ0n) is 10.6. The van der Waals surface area contributed by atoms with Gasteiger partial charge in [0, 0.05) is 0 Å². The molecule has 1 aliphatic rings. The van der Waals surface area contributed by atoms with E-state index in [4.69, 9.17) is 10.4 Å². The molecule has 1 rings (SSSR count). The molecule has 0 heterocycles. The summed E-state index contributed by atoms with van der Waals surface area (Å²) in [6, 6.07) is 2.16. The van der Waals surface area contributed by atoms with Crippen molar-refractivity contribution >= 4 is 17.7 Å². The van der Waals surface area contributed by atoms with E-state index in [9.17, 15) is 4.79 Å². The van der Waals surface area contributed by atoms with E-state index >= 15 is 0 Å². The molecule has 1 N–H and O–H groups in total. The van der Waals surface area contributed by atoms with Crippen LogP contribution in [0.15, 0.2) is 11.0 Å². The van der Waals surface area contributed by atoms with Gasteiger partial charge >= 0.3 is 5.97 Å². The van der Waals surface area contributed by atoms with Crippen LogP contribution < -0.4 is 0 Å². The maximum atomic E-state index is 11.0. The van der Waals surface area contributed by atoms with Crippen molar-refractivity contribution in [3.63, 3.8) is 0 Å². The molecule has 0 radical (unpaired) electrons. The highest BCUT2D eigenvalue weighted by atomic mass is 32.2. The predicted molar refractivity (Wildman–Crippen MR) is 69.5 cm³/mol. The Kier molecular flexibility index (Phi) is 4.64. The van der Waals surface area contributed by atoms with Gasteiger partial charge in [-0.1, -0.05) is 33.3 Å². The van der Waals surface area contributed by atoms with Gasteiger partial charge in [-0.3, -0.25) is 4.79 Å². The largest absolute Gasteiger partial charge is 0.481 e. The van der Waals surface area contributed by atoms with E-state index in [1.54, 1.807) is 0 Å². The Morgan fingerprint density at radius 2 is 2.24 bits per heavy atom. The molecule has 2 atom stereocenters. The first-order valence-corrected chi connectivity index (χ1v) is 6.91. The minimum Gasteiger partial charge on any atom is -0.481 e. The number of hydrogen-bond acceptors (Lipinski definition) is 3. The second kappa shape index (κ2) is 5.59. The van der Waals surface area contributed by atoms with E-state index in [1.807, 2.05) is 19.9 Å². The van der Waals surface area contributed by atoms with E-state index in [-0.39, 0.29) is 17.3 Å². The molecule has 1 aliphatic carbocycles. The molecule has 3 nitrogen and oxygen atoms in total. The molecule has 0 aromatic heterocycles. The van der Waals surface area contributed by atoms with Crippen LogP contribution in [0.4, 0.5) is 0 Å². The lowest BCUT2D eigenvalue weighted by Crippen LogP contribution is -2.03. The van der Waals surface area contributed by atoms with E-state index < -0.39 is 5.97 Å². The van der Waals surface area contributed by atoms with Crippen molar-refractivity contribution in [1.29, 1.82) is 5.26 Å². The number of aliphatic carboxylic acids is 1. The minimum atomic E-state index is -0.757. The molecule has 0 spiro atoms. The third-order valence-corrected chi connectivity index (χ3v) is 4.40. The molecule has 1 saturated carbocycles. The van der Waals surface area contributed by atoms with Crippen molar-refractivity contribution in [2.75, 3.05) is 5.75 Å². The highest BCUT2D eigenvalue weighted by Gasteiger charge is 2.61. The Morgan fingerprint density at radius 3 is 2.65 bits per heavy atom. The zero-order valence-corrected chi connectivity index (χ0v) is 11.4. The summed E-state index contributed by atoms with van der Waals surface area (Å²) < 4.78 is 0. The average Bonchev–Trinajstić information content (AvgIpc) is 2.79. The first-order valence-electron chi connectivity index (χ1n) is 5.92. The van der Waals surface area contributed by atoms with Gasteiger partial charge < -0.3 is 5.11 Å². The van der Waals surface area contributed by atoms with Crippen molar-refractivity contribution in [2.45, 2.75) is 33.6 Å². The molecular weight excluding hydrogens is 234 g/mol. The number of rotatable bonds is 6. The summed E-state index contributed by atoms with van der Waals surface area (Å²) in [6.45, 7) is 6.00. The summed E-state index contributed by atoms with van der Waals surface area (Å²) in [7, 11) is 0. The lowest BCUT2D eigenvalue weighted by atomic mass is 10.1. The van der Waals surface area contributed by atoms with Gasteiger partial charge in [0.2, 0.25) is 0 Å². The maximum Gasteiger partial charge on any atom is 0.307 e. The lowest BCUT2D eigenvalue weighted by Gasteiger charge is -1.99. The number of nitriles is 1. The van der Waals surface area contributed by atoms with E-state index in [1.165, 1.54) is 11.8 Å². The van der Waals surface area contributed by atoms with Gasteiger partial charge in [0.25, 0.3) is 0 Å². The first kappa shape index (κ1) is 14.1. The molecule has 0 aliphatic heterocycles. The van der Waals surface area contributed by atoms with Crippen LogP contribution in [-0.2, 0) is 4.79 Å². The van der Waals surface area contributed by atoms with Crippen LogP contribution >= 0.6 is 11.8 Å². The standard InChI is InChI=1S/C13H19NO2S/c1-4-5-6-17-9(8-14)7-10-11(12(15)16)13(10,2)3/h7,10-11H,4-6H2,1-3H3,(H,15,16)/t10-,11+/m1/s1. The number of nitrogens with zero attached hydrogens (tertiary/aromatic N) is 1. The van der Waals surface area contributed by atoms with Crippen molar-refractivity contribution in [3.05, 3.63) is 11.0 Å². The molecule has 1 fully saturated rings. The van der Waals surface area contributed by atoms with Crippen LogP contribution in [0.2, 0.25) is 0 Å². The predicted octanol–water partition coefficient (Wildman–Crippen LogP) is 3.28. The van der Waals surface area contributed by atoms with Gasteiger partial charge in [-0.2, -0.15) is 5.26 Å². The van der Waals surface area contributed by atoms with Crippen LogP contribution in [0, 0.1) is 28.6 Å². The summed E-state index contributed by atoms with van der Waals surface area (Å²) in [6.07, 6.45) is 4.04. The van der Waals surface area contributed by atoms with Crippen LogP contribution in [0.5, 0.6) is 0 Å². The number of thioether (sulfide) groups is 1. The monoisotopic (exact) mass is 253 g/mol. The number of carbonyl (C=O) groups is 1. The Hall–Kier alpha value is -0.950. The third-order valence-electron chi connectivity index (χ3n) is 3.37. The Labute approximate surface area is 107 Å². The molecule has 0 saturated heterocycles. The van der Waals surface area contributed by atoms with Gasteiger partial charge in [-0.05, 0) is 23.5 Å². The second-order valence-electron chi connectivity index (χ2n) is 5.01. The van der Waals surface area contributed by atoms with Gasteiger partial charge in [0.1, 0.15) is 6.07 Å². The molecule has 17 heavy (non-hydrogen) atoms. The fourth-order valence-corrected chi connectivity index (χ4v) is 3.03. The highest BCUT2D eigenvalue weighted by Crippen LogP contribution is 2.59. The Morgan fingerprint density at radius 1 is 1.59 bits per heavy atom. The number of hydrogen-bond donors (Lipinski definition) is 1. The Balaban J connectivity index is 2.62. The second-order valence-corrected chi connectivity index (χ2v) is 6.14. The van der Waals surface area contributed by atoms with E-state index in [0.717, 1.165) is 18.6 Å². The molecule has 0 amide bonds. The minimum absolute atomic E-state index is 0.00350. The SMILES string of the molecule is CCCCSC(C#N)=C[C@@H]1[C@@H](C(=O)O)C1(C)C. The summed E-state index contributed by atoms with van der Waals surface area (Å²) in [5.74, 6) is -0.158. The number of allylic oxidation sites excluding steroid dienone is 2. The molecule has 4 heteroatoms. The van der Waals surface area contributed by atoms with Crippen LogP contribution in [-0.4, -0.2) is 16.8 Å². The third kappa shape index (κ3) is 3.26. The van der Waals surface area contributed by atoms with Crippen LogP contribution in [0.1, 0.15) is 33.6 Å². The topological polar surface area (TPSA) is 61.1 Å². The summed E-state index contributed by atoms with van der Waals surface area (Å²) in [4.78, 5) is 11.7. The smallest absolute Gasteiger partial charge is 0.307 e. The molecule has 0 aromatic carbocycles. The van der Waals surface area contributed by atoms with Gasteiger partial charge in [-0.25, -0.2) is 0 Å². The van der Waals surface area contributed by atoms with Crippen LogP contribution in [0.25, 0.3) is 0 Å². The quantitative estimate of drug-likeness (QED) is 0.583. The highest BCUT2D eigenvalue weighted by molar-refractivity contribution is 8.03. The first-order chi connectivity index (χ1) is 7.95. The molecule has 0 bridgehead atoms. The summed E-state index contributed by atoms with van der Waals surface area (Å²) in [5.41, 5.74) is -0.209. The summed E-state index contributed by atoms with van der Waals surface area (Å²) in [5, 5.41) is 18.1. The maximum absolute atomic E-state index is 11.0. The number of carboxylic acids is 1. The summed E-state index contributed by atoms with van der Waals surface area (Å²) >= 11 is 1.54. The van der Waals surface area contributed by atoms with Crippen molar-refractivity contribution in [3.8, 4) is 6.07 Å². The fraction of sp³-hybridized carbons (Fsp3) is 0.692. The number of carboxylic acid groups (broad SMARTS) is 1. The molecular formula is C13H19NO2S. The Bertz CT molecular complexity index is 368. The van der Waals surface area contributed by atoms with Crippen LogP contribution in [0.3, 0.4) is 0 Å². The number of unbranched alkanes of at least 4 members (excludes halogenated alkanes) is 1. The lowest BCUT2D eigenvalue weighted by molar-refractivity contribution is -0.139. The molecule has 0 aromatic rings. The molecule has 94 valence electrons. The van der Waals surface area contributed by atoms with E-state index in [0.29, 0.717) is 4.91 Å². The molecule has 0 unspecified atom stereocenters. The normalized spacial score (nSPS) is 26.4. The van der Waals surface area contributed by atoms with Gasteiger partial charge in [0.05, 0.1) is 10.8 Å². The van der Waals surface area contributed by atoms with Crippen molar-refractivity contribution in [1.82, 2.24) is 0 Å².